The molecule has 0 fully saturated rings. The zero-order valence-corrected chi connectivity index (χ0v) is 21.5. The van der Waals surface area contributed by atoms with E-state index in [1.807, 2.05) is 24.3 Å². The summed E-state index contributed by atoms with van der Waals surface area (Å²) in [6.45, 7) is 0.353. The highest BCUT2D eigenvalue weighted by Gasteiger charge is 2.22. The number of aromatic nitrogens is 4. The van der Waals surface area contributed by atoms with Crippen LogP contribution in [0.1, 0.15) is 21.6 Å². The third-order valence-corrected chi connectivity index (χ3v) is 6.08. The molecule has 11 nitrogen and oxygen atoms in total. The number of amides is 1. The molecule has 5 rings (SSSR count). The van der Waals surface area contributed by atoms with Crippen molar-refractivity contribution in [3.05, 3.63) is 83.8 Å². The summed E-state index contributed by atoms with van der Waals surface area (Å²) in [5, 5.41) is 18.9. The van der Waals surface area contributed by atoms with Gasteiger partial charge in [-0.3, -0.25) is 14.9 Å². The van der Waals surface area contributed by atoms with Gasteiger partial charge in [-0.2, -0.15) is 5.26 Å². The fraction of sp³-hybridized carbons (Fsp3) is 0.143. The third-order valence-electron chi connectivity index (χ3n) is 6.08. The molecule has 0 saturated carbocycles. The lowest BCUT2D eigenvalue weighted by atomic mass is 10.1. The molecule has 0 unspecified atom stereocenters. The van der Waals surface area contributed by atoms with Gasteiger partial charge in [0, 0.05) is 30.2 Å². The maximum absolute atomic E-state index is 12.3. The summed E-state index contributed by atoms with van der Waals surface area (Å²) in [6.07, 6.45) is 3.18. The van der Waals surface area contributed by atoms with Crippen LogP contribution in [0.2, 0.25) is 0 Å². The number of hydrogen-bond donors (Lipinski definition) is 3. The van der Waals surface area contributed by atoms with Crippen LogP contribution >= 0.6 is 0 Å². The molecular weight excluding hydrogens is 498 g/mol. The molecule has 0 spiro atoms. The smallest absolute Gasteiger partial charge is 0.270 e. The number of H-pyrrole nitrogens is 1. The molecule has 0 bridgehead atoms. The van der Waals surface area contributed by atoms with Gasteiger partial charge in [-0.15, -0.1) is 0 Å². The molecule has 196 valence electrons. The normalized spacial score (nSPS) is 10.6. The van der Waals surface area contributed by atoms with Crippen molar-refractivity contribution in [2.75, 3.05) is 26.6 Å². The van der Waals surface area contributed by atoms with Gasteiger partial charge in [-0.25, -0.2) is 9.50 Å². The van der Waals surface area contributed by atoms with Crippen molar-refractivity contribution in [1.29, 1.82) is 5.26 Å². The van der Waals surface area contributed by atoms with Crippen LogP contribution in [0, 0.1) is 11.3 Å². The number of ether oxygens (including phenoxy) is 3. The largest absolute Gasteiger partial charge is 0.493 e. The molecule has 0 aliphatic heterocycles. The quantitative estimate of drug-likeness (QED) is 0.260. The Kier molecular flexibility index (Phi) is 7.00. The molecule has 3 N–H and O–H groups in total. The molecule has 5 aromatic rings. The highest BCUT2D eigenvalue weighted by Crippen LogP contribution is 2.43. The fourth-order valence-electron chi connectivity index (χ4n) is 4.15. The summed E-state index contributed by atoms with van der Waals surface area (Å²) in [7, 11) is 4.64. The average molecular weight is 524 g/mol. The second kappa shape index (κ2) is 10.9. The summed E-state index contributed by atoms with van der Waals surface area (Å²) >= 11 is 0. The lowest BCUT2D eigenvalue weighted by Gasteiger charge is -2.14. The zero-order chi connectivity index (χ0) is 27.4. The van der Waals surface area contributed by atoms with Gasteiger partial charge in [-0.05, 0) is 42.0 Å². The molecule has 11 heteroatoms. The van der Waals surface area contributed by atoms with Crippen molar-refractivity contribution >= 4 is 23.1 Å². The number of imidazole rings is 1. The molecule has 0 saturated heterocycles. The van der Waals surface area contributed by atoms with E-state index in [0.717, 1.165) is 11.3 Å². The van der Waals surface area contributed by atoms with Crippen LogP contribution < -0.4 is 24.8 Å². The zero-order valence-electron chi connectivity index (χ0n) is 21.5. The number of aromatic amines is 1. The average Bonchev–Trinajstić information content (AvgIpc) is 3.55. The monoisotopic (exact) mass is 523 g/mol. The lowest BCUT2D eigenvalue weighted by Crippen LogP contribution is -2.23. The number of nitrogens with one attached hydrogen (secondary N) is 3. The highest BCUT2D eigenvalue weighted by molar-refractivity contribution is 5.92. The first-order valence-corrected chi connectivity index (χ1v) is 11.9. The minimum Gasteiger partial charge on any atom is -0.493 e. The summed E-state index contributed by atoms with van der Waals surface area (Å²) in [5.41, 5.74) is 4.19. The Morgan fingerprint density at radius 3 is 2.41 bits per heavy atom. The van der Waals surface area contributed by atoms with Gasteiger partial charge in [0.1, 0.15) is 23.0 Å². The number of nitrogens with zero attached hydrogens (tertiary/aromatic N) is 4. The van der Waals surface area contributed by atoms with Crippen molar-refractivity contribution in [3.8, 4) is 34.6 Å². The number of benzene rings is 2. The standard InChI is InChI=1S/C28H25N7O4/c1-37-22-12-18(13-23(38-2)25(22)39-3)24-27(35-26(34-24)19(14-29)16-32-35)33-20-9-7-17(8-10-20)15-31-28(36)21-6-4-5-11-30-21/h4-13,16,32-33H,15H2,1-3H3,(H,31,36). The first kappa shape index (κ1) is 25.2. The van der Waals surface area contributed by atoms with E-state index in [4.69, 9.17) is 19.2 Å². The number of rotatable bonds is 9. The Labute approximate surface area is 224 Å². The Hall–Kier alpha value is -5.50. The number of methoxy groups -OCH3 is 3. The van der Waals surface area contributed by atoms with Crippen LogP contribution in [0.15, 0.2) is 67.0 Å². The summed E-state index contributed by atoms with van der Waals surface area (Å²) in [5.74, 6) is 1.79. The fourth-order valence-corrected chi connectivity index (χ4v) is 4.15. The molecule has 0 aliphatic rings. The lowest BCUT2D eigenvalue weighted by molar-refractivity contribution is 0.0946. The van der Waals surface area contributed by atoms with Crippen LogP contribution in [0.5, 0.6) is 17.2 Å². The van der Waals surface area contributed by atoms with Crippen LogP contribution in [-0.2, 0) is 6.54 Å². The third kappa shape index (κ3) is 4.91. The predicted molar refractivity (Wildman–Crippen MR) is 144 cm³/mol. The van der Waals surface area contributed by atoms with E-state index < -0.39 is 0 Å². The minimum absolute atomic E-state index is 0.241. The Morgan fingerprint density at radius 1 is 1.05 bits per heavy atom. The van der Waals surface area contributed by atoms with Crippen molar-refractivity contribution in [1.82, 2.24) is 24.9 Å². The Bertz CT molecular complexity index is 1640. The first-order valence-electron chi connectivity index (χ1n) is 11.9. The van der Waals surface area contributed by atoms with Crippen molar-refractivity contribution in [3.63, 3.8) is 0 Å². The van der Waals surface area contributed by atoms with E-state index in [1.165, 1.54) is 0 Å². The van der Waals surface area contributed by atoms with E-state index in [0.29, 0.717) is 57.8 Å². The number of fused-ring (bicyclic) bond motifs is 1. The Balaban J connectivity index is 1.45. The van der Waals surface area contributed by atoms with E-state index >= 15 is 0 Å². The number of carbonyl (C=O) groups is 1. The van der Waals surface area contributed by atoms with Gasteiger partial charge in [0.25, 0.3) is 5.91 Å². The number of nitriles is 1. The van der Waals surface area contributed by atoms with E-state index in [9.17, 15) is 10.1 Å². The molecule has 0 radical (unpaired) electrons. The van der Waals surface area contributed by atoms with Gasteiger partial charge in [0.05, 0.1) is 21.3 Å². The topological polar surface area (TPSA) is 139 Å². The predicted octanol–water partition coefficient (Wildman–Crippen LogP) is 4.30. The van der Waals surface area contributed by atoms with Gasteiger partial charge in [-0.1, -0.05) is 18.2 Å². The van der Waals surface area contributed by atoms with Crippen molar-refractivity contribution in [2.45, 2.75) is 6.54 Å². The van der Waals surface area contributed by atoms with Crippen LogP contribution in [0.4, 0.5) is 11.5 Å². The van der Waals surface area contributed by atoms with Gasteiger partial charge < -0.3 is 24.8 Å². The molecule has 1 amide bonds. The van der Waals surface area contributed by atoms with Gasteiger partial charge in [0.2, 0.25) is 5.75 Å². The van der Waals surface area contributed by atoms with Crippen LogP contribution in [-0.4, -0.2) is 46.8 Å². The van der Waals surface area contributed by atoms with E-state index in [2.05, 4.69) is 26.8 Å². The molecule has 0 aliphatic carbocycles. The molecule has 3 heterocycles. The maximum atomic E-state index is 12.3. The number of carbonyl (C=O) groups excluding carboxylic acids is 1. The molecule has 3 aromatic heterocycles. The maximum Gasteiger partial charge on any atom is 0.270 e. The number of hydrogen-bond acceptors (Lipinski definition) is 8. The van der Waals surface area contributed by atoms with Crippen LogP contribution in [0.3, 0.4) is 0 Å². The summed E-state index contributed by atoms with van der Waals surface area (Å²) < 4.78 is 18.2. The Morgan fingerprint density at radius 2 is 1.79 bits per heavy atom. The second-order valence-corrected chi connectivity index (χ2v) is 8.40. The van der Waals surface area contributed by atoms with Crippen molar-refractivity contribution < 1.29 is 19.0 Å². The van der Waals surface area contributed by atoms with Crippen LogP contribution in [0.25, 0.3) is 16.9 Å². The number of pyridine rings is 1. The second-order valence-electron chi connectivity index (χ2n) is 8.40. The molecule has 0 atom stereocenters. The van der Waals surface area contributed by atoms with Gasteiger partial charge in [0.15, 0.2) is 23.0 Å². The summed E-state index contributed by atoms with van der Waals surface area (Å²) in [6, 6.07) is 18.6. The molecule has 2 aromatic carbocycles. The first-order chi connectivity index (χ1) is 19.1. The van der Waals surface area contributed by atoms with Gasteiger partial charge >= 0.3 is 0 Å². The molecule has 39 heavy (non-hydrogen) atoms. The highest BCUT2D eigenvalue weighted by atomic mass is 16.5. The molecular formula is C28H25N7O4. The minimum atomic E-state index is -0.241. The SMILES string of the molecule is COc1cc(-c2nc3c(C#N)c[nH]n3c2Nc2ccc(CNC(=O)c3ccccn3)cc2)cc(OC)c1OC. The van der Waals surface area contributed by atoms with Crippen molar-refractivity contribution in [2.24, 2.45) is 0 Å². The summed E-state index contributed by atoms with van der Waals surface area (Å²) in [4.78, 5) is 21.1. The van der Waals surface area contributed by atoms with E-state index in [1.54, 1.807) is 68.6 Å². The number of anilines is 2. The van der Waals surface area contributed by atoms with E-state index in [-0.39, 0.29) is 5.91 Å².